The van der Waals surface area contributed by atoms with Gasteiger partial charge in [0.1, 0.15) is 19.3 Å². The number of esters is 4. The molecular formula is C51H98O17P2. The van der Waals surface area contributed by atoms with E-state index in [1.54, 1.807) is 0 Å². The van der Waals surface area contributed by atoms with Crippen molar-refractivity contribution >= 4 is 39.5 Å². The van der Waals surface area contributed by atoms with Crippen molar-refractivity contribution in [1.82, 2.24) is 0 Å². The van der Waals surface area contributed by atoms with Crippen LogP contribution in [0.25, 0.3) is 0 Å². The van der Waals surface area contributed by atoms with Gasteiger partial charge < -0.3 is 33.8 Å². The van der Waals surface area contributed by atoms with Crippen LogP contribution in [0.3, 0.4) is 0 Å². The van der Waals surface area contributed by atoms with Crippen molar-refractivity contribution in [2.75, 3.05) is 39.6 Å². The fourth-order valence-electron chi connectivity index (χ4n) is 7.28. The SMILES string of the molecule is CCCCCCCCCC(=O)OC[C@H](COP(=O)(O)OC[C@@H](O)COP(=O)(O)OC[C@@H](COC(=O)CCCCCCC)OC(=O)CCCCCCCCC)OC(=O)CCCCCCCCCCC(C)C. The molecule has 70 heavy (non-hydrogen) atoms. The molecule has 17 nitrogen and oxygen atoms in total. The molecule has 2 unspecified atom stereocenters. The van der Waals surface area contributed by atoms with Crippen LogP contribution in [0.15, 0.2) is 0 Å². The minimum atomic E-state index is -4.92. The number of carbonyl (C=O) groups excluding carboxylic acids is 4. The maximum Gasteiger partial charge on any atom is 0.472 e. The topological polar surface area (TPSA) is 237 Å². The Kier molecular flexibility index (Phi) is 44.4. The van der Waals surface area contributed by atoms with E-state index in [9.17, 15) is 43.2 Å². The third-order valence-electron chi connectivity index (χ3n) is 11.5. The summed E-state index contributed by atoms with van der Waals surface area (Å²) in [4.78, 5) is 71.1. The molecule has 0 aliphatic rings. The van der Waals surface area contributed by atoms with Crippen LogP contribution in [0.1, 0.15) is 240 Å². The first kappa shape index (κ1) is 68.1. The van der Waals surface area contributed by atoms with Gasteiger partial charge in [-0.15, -0.1) is 0 Å². The van der Waals surface area contributed by atoms with E-state index in [1.165, 1.54) is 32.1 Å². The zero-order valence-corrected chi connectivity index (χ0v) is 45.9. The van der Waals surface area contributed by atoms with Gasteiger partial charge in [0.15, 0.2) is 12.2 Å². The average molecular weight is 1050 g/mol. The lowest BCUT2D eigenvalue weighted by Crippen LogP contribution is -2.30. The van der Waals surface area contributed by atoms with Gasteiger partial charge in [-0.25, -0.2) is 9.13 Å². The highest BCUT2D eigenvalue weighted by atomic mass is 31.2. The quantitative estimate of drug-likeness (QED) is 0.0222. The summed E-state index contributed by atoms with van der Waals surface area (Å²) in [7, 11) is -9.84. The molecule has 0 aromatic carbocycles. The lowest BCUT2D eigenvalue weighted by atomic mass is 10.0. The minimum Gasteiger partial charge on any atom is -0.462 e. The molecule has 0 aliphatic heterocycles. The summed E-state index contributed by atoms with van der Waals surface area (Å²) >= 11 is 0. The highest BCUT2D eigenvalue weighted by Gasteiger charge is 2.30. The molecule has 0 radical (unpaired) electrons. The first-order chi connectivity index (χ1) is 33.5. The van der Waals surface area contributed by atoms with Crippen molar-refractivity contribution in [3.8, 4) is 0 Å². The van der Waals surface area contributed by atoms with Crippen molar-refractivity contribution in [3.05, 3.63) is 0 Å². The van der Waals surface area contributed by atoms with Crippen LogP contribution in [0.5, 0.6) is 0 Å². The monoisotopic (exact) mass is 1040 g/mol. The fourth-order valence-corrected chi connectivity index (χ4v) is 8.86. The van der Waals surface area contributed by atoms with Gasteiger partial charge in [0, 0.05) is 25.7 Å². The van der Waals surface area contributed by atoms with Crippen LogP contribution in [-0.4, -0.2) is 96.7 Å². The Bertz CT molecular complexity index is 1400. The molecule has 0 amide bonds. The number of hydrogen-bond donors (Lipinski definition) is 3. The summed E-state index contributed by atoms with van der Waals surface area (Å²) < 4.78 is 67.0. The first-order valence-corrected chi connectivity index (χ1v) is 30.1. The predicted octanol–water partition coefficient (Wildman–Crippen LogP) is 12.7. The lowest BCUT2D eigenvalue weighted by molar-refractivity contribution is -0.161. The Morgan fingerprint density at radius 1 is 0.386 bits per heavy atom. The summed E-state index contributed by atoms with van der Waals surface area (Å²) in [6.07, 6.45) is 24.5. The van der Waals surface area contributed by atoms with Crippen LogP contribution in [0.2, 0.25) is 0 Å². The van der Waals surface area contributed by atoms with Gasteiger partial charge in [-0.05, 0) is 31.6 Å². The van der Waals surface area contributed by atoms with Gasteiger partial charge in [0.2, 0.25) is 0 Å². The van der Waals surface area contributed by atoms with Crippen LogP contribution in [0.4, 0.5) is 0 Å². The molecule has 5 atom stereocenters. The van der Waals surface area contributed by atoms with Crippen molar-refractivity contribution in [3.63, 3.8) is 0 Å². The zero-order chi connectivity index (χ0) is 52.1. The molecule has 0 aromatic rings. The number of rotatable bonds is 51. The second-order valence-corrected chi connectivity index (χ2v) is 21.9. The third kappa shape index (κ3) is 45.9. The predicted molar refractivity (Wildman–Crippen MR) is 271 cm³/mol. The molecule has 0 bridgehead atoms. The number of hydrogen-bond acceptors (Lipinski definition) is 15. The smallest absolute Gasteiger partial charge is 0.462 e. The summed E-state index contributed by atoms with van der Waals surface area (Å²) in [5.41, 5.74) is 0. The highest BCUT2D eigenvalue weighted by molar-refractivity contribution is 7.47. The van der Waals surface area contributed by atoms with Crippen molar-refractivity contribution in [2.24, 2.45) is 5.92 Å². The van der Waals surface area contributed by atoms with E-state index < -0.39 is 97.5 Å². The fraction of sp³-hybridized carbons (Fsp3) is 0.922. The number of unbranched alkanes of at least 4 members (excludes halogenated alkanes) is 23. The van der Waals surface area contributed by atoms with Crippen molar-refractivity contribution < 1.29 is 80.2 Å². The molecule has 0 rings (SSSR count). The summed E-state index contributed by atoms with van der Waals surface area (Å²) in [6, 6.07) is 0. The Labute approximate surface area is 422 Å². The molecule has 3 N–H and O–H groups in total. The second kappa shape index (κ2) is 45.7. The second-order valence-electron chi connectivity index (χ2n) is 19.0. The van der Waals surface area contributed by atoms with Gasteiger partial charge >= 0.3 is 39.5 Å². The molecule has 19 heteroatoms. The molecule has 0 aromatic heterocycles. The zero-order valence-electron chi connectivity index (χ0n) is 44.1. The summed E-state index contributed by atoms with van der Waals surface area (Å²) in [5.74, 6) is -1.46. The van der Waals surface area contributed by atoms with E-state index >= 15 is 0 Å². The van der Waals surface area contributed by atoms with E-state index in [4.69, 9.17) is 37.0 Å². The van der Waals surface area contributed by atoms with Gasteiger partial charge in [-0.3, -0.25) is 37.3 Å². The molecular weight excluding hydrogens is 946 g/mol. The van der Waals surface area contributed by atoms with Gasteiger partial charge in [0.25, 0.3) is 0 Å². The Balaban J connectivity index is 5.16. The molecule has 0 spiro atoms. The largest absolute Gasteiger partial charge is 0.472 e. The molecule has 0 heterocycles. The normalized spacial score (nSPS) is 14.6. The first-order valence-electron chi connectivity index (χ1n) is 27.1. The van der Waals surface area contributed by atoms with Gasteiger partial charge in [-0.2, -0.15) is 0 Å². The number of ether oxygens (including phenoxy) is 4. The van der Waals surface area contributed by atoms with Crippen LogP contribution in [0, 0.1) is 5.92 Å². The molecule has 0 aliphatic carbocycles. The molecule has 414 valence electrons. The highest BCUT2D eigenvalue weighted by Crippen LogP contribution is 2.45. The lowest BCUT2D eigenvalue weighted by Gasteiger charge is -2.21. The number of carbonyl (C=O) groups is 4. The standard InChI is InChI=1S/C51H98O17P2/c1-6-9-12-15-19-25-30-35-49(54)62-41-47(68-51(56)37-32-27-22-18-17-21-24-28-33-44(4)5)43-66-70(59,60)64-39-45(52)38-63-69(57,58)65-42-46(40-61-48(53)34-29-23-14-11-8-3)67-50(55)36-31-26-20-16-13-10-7-2/h44-47,52H,6-43H2,1-5H3,(H,57,58)(H,59,60)/t45-,46+,47+/m0/s1. The minimum absolute atomic E-state index is 0.102. The average Bonchev–Trinajstić information content (AvgIpc) is 3.31. The summed E-state index contributed by atoms with van der Waals surface area (Å²) in [5, 5.41) is 10.4. The van der Waals surface area contributed by atoms with Crippen molar-refractivity contribution in [2.45, 2.75) is 258 Å². The van der Waals surface area contributed by atoms with Crippen LogP contribution in [-0.2, 0) is 65.4 Å². The van der Waals surface area contributed by atoms with Gasteiger partial charge in [-0.1, -0.05) is 189 Å². The molecule has 0 fully saturated rings. The molecule has 0 saturated heterocycles. The van der Waals surface area contributed by atoms with E-state index in [1.807, 2.05) is 0 Å². The Hall–Kier alpha value is -1.94. The number of phosphoric ester groups is 2. The van der Waals surface area contributed by atoms with Crippen molar-refractivity contribution in [1.29, 1.82) is 0 Å². The maximum absolute atomic E-state index is 12.8. The molecule has 0 saturated carbocycles. The Morgan fingerprint density at radius 2 is 0.657 bits per heavy atom. The van der Waals surface area contributed by atoms with E-state index in [0.717, 1.165) is 128 Å². The third-order valence-corrected chi connectivity index (χ3v) is 13.4. The number of phosphoric acid groups is 2. The Morgan fingerprint density at radius 3 is 0.971 bits per heavy atom. The maximum atomic E-state index is 12.8. The van der Waals surface area contributed by atoms with E-state index in [-0.39, 0.29) is 25.7 Å². The van der Waals surface area contributed by atoms with Crippen LogP contribution < -0.4 is 0 Å². The van der Waals surface area contributed by atoms with E-state index in [0.29, 0.717) is 25.7 Å². The summed E-state index contributed by atoms with van der Waals surface area (Å²) in [6.45, 7) is 6.87. The number of aliphatic hydroxyl groups excluding tert-OH is 1. The van der Waals surface area contributed by atoms with E-state index in [2.05, 4.69) is 34.6 Å². The van der Waals surface area contributed by atoms with Crippen LogP contribution >= 0.6 is 15.6 Å². The number of aliphatic hydroxyl groups is 1. The van der Waals surface area contributed by atoms with Gasteiger partial charge in [0.05, 0.1) is 26.4 Å².